The summed E-state index contributed by atoms with van der Waals surface area (Å²) < 4.78 is 0. The summed E-state index contributed by atoms with van der Waals surface area (Å²) in [6.45, 7) is 2.20. The maximum absolute atomic E-state index is 6.12. The van der Waals surface area contributed by atoms with Crippen molar-refractivity contribution in [2.75, 3.05) is 5.88 Å². The Morgan fingerprint density at radius 1 is 1.11 bits per heavy atom. The van der Waals surface area contributed by atoms with Crippen LogP contribution in [-0.4, -0.2) is 5.88 Å². The van der Waals surface area contributed by atoms with E-state index in [4.69, 9.17) is 23.2 Å². The van der Waals surface area contributed by atoms with Crippen molar-refractivity contribution in [1.82, 2.24) is 0 Å². The summed E-state index contributed by atoms with van der Waals surface area (Å²) in [4.78, 5) is 2.88. The number of rotatable bonds is 6. The quantitative estimate of drug-likeness (QED) is 0.609. The van der Waals surface area contributed by atoms with Crippen LogP contribution in [0.1, 0.15) is 22.2 Å². The third kappa shape index (κ3) is 4.52. The molecule has 1 aromatic heterocycles. The van der Waals surface area contributed by atoms with Crippen LogP contribution >= 0.6 is 34.5 Å². The molecule has 3 heteroatoms. The van der Waals surface area contributed by atoms with Crippen LogP contribution in [0, 0.1) is 5.92 Å². The molecule has 0 aliphatic heterocycles. The lowest BCUT2D eigenvalue weighted by Gasteiger charge is -2.13. The summed E-state index contributed by atoms with van der Waals surface area (Å²) in [6.07, 6.45) is 3.16. The van der Waals surface area contributed by atoms with Gasteiger partial charge in [-0.15, -0.1) is 22.9 Å². The molecule has 0 spiro atoms. The number of hydrogen-bond acceptors (Lipinski definition) is 1. The molecule has 0 aliphatic carbocycles. The number of hydrogen-bond donors (Lipinski definition) is 0. The Morgan fingerprint density at radius 3 is 2.53 bits per heavy atom. The van der Waals surface area contributed by atoms with Crippen molar-refractivity contribution in [3.63, 3.8) is 0 Å². The number of halogens is 2. The average molecular weight is 313 g/mol. The lowest BCUT2D eigenvalue weighted by Crippen LogP contribution is -2.09. The first-order valence-corrected chi connectivity index (χ1v) is 8.32. The fraction of sp³-hybridized carbons (Fsp3) is 0.375. The zero-order valence-corrected chi connectivity index (χ0v) is 13.4. The van der Waals surface area contributed by atoms with Gasteiger partial charge in [-0.2, -0.15) is 0 Å². The highest BCUT2D eigenvalue weighted by molar-refractivity contribution is 7.11. The van der Waals surface area contributed by atoms with Crippen molar-refractivity contribution < 1.29 is 0 Å². The summed E-state index contributed by atoms with van der Waals surface area (Å²) in [7, 11) is 0. The first-order valence-electron chi connectivity index (χ1n) is 6.59. The number of benzene rings is 1. The van der Waals surface area contributed by atoms with Crippen LogP contribution in [-0.2, 0) is 19.3 Å². The number of alkyl halides is 1. The highest BCUT2D eigenvalue weighted by atomic mass is 35.5. The zero-order chi connectivity index (χ0) is 13.7. The number of aryl methyl sites for hydroxylation is 1. The third-order valence-corrected chi connectivity index (χ3v) is 5.11. The van der Waals surface area contributed by atoms with E-state index in [-0.39, 0.29) is 0 Å². The summed E-state index contributed by atoms with van der Waals surface area (Å²) in [5, 5.41) is 0.801. The van der Waals surface area contributed by atoms with E-state index in [1.165, 1.54) is 15.3 Å². The van der Waals surface area contributed by atoms with Gasteiger partial charge < -0.3 is 0 Å². The molecule has 0 saturated carbocycles. The van der Waals surface area contributed by atoms with E-state index >= 15 is 0 Å². The molecule has 0 amide bonds. The largest absolute Gasteiger partial charge is 0.145 e. The van der Waals surface area contributed by atoms with E-state index in [0.717, 1.165) is 24.3 Å². The molecule has 0 saturated heterocycles. The molecule has 0 fully saturated rings. The molecule has 1 unspecified atom stereocenters. The number of thiophene rings is 1. The monoisotopic (exact) mass is 312 g/mol. The van der Waals surface area contributed by atoms with Gasteiger partial charge in [0.05, 0.1) is 0 Å². The van der Waals surface area contributed by atoms with E-state index in [1.54, 1.807) is 0 Å². The molecular formula is C16H18Cl2S. The van der Waals surface area contributed by atoms with Crippen molar-refractivity contribution >= 4 is 34.5 Å². The summed E-state index contributed by atoms with van der Waals surface area (Å²) in [6, 6.07) is 12.5. The van der Waals surface area contributed by atoms with E-state index in [2.05, 4.69) is 25.1 Å². The average Bonchev–Trinajstić information content (AvgIpc) is 2.85. The van der Waals surface area contributed by atoms with Gasteiger partial charge in [-0.3, -0.25) is 0 Å². The maximum Gasteiger partial charge on any atom is 0.0408 e. The molecular weight excluding hydrogens is 295 g/mol. The van der Waals surface area contributed by atoms with Crippen LogP contribution in [0.4, 0.5) is 0 Å². The Kier molecular flexibility index (Phi) is 5.75. The van der Waals surface area contributed by atoms with Gasteiger partial charge >= 0.3 is 0 Å². The second-order valence-corrected chi connectivity index (χ2v) is 6.78. The minimum absolute atomic E-state index is 0.475. The second-order valence-electron chi connectivity index (χ2n) is 4.78. The zero-order valence-electron chi connectivity index (χ0n) is 11.0. The van der Waals surface area contributed by atoms with Gasteiger partial charge in [-0.25, -0.2) is 0 Å². The Morgan fingerprint density at radius 2 is 1.89 bits per heavy atom. The summed E-state index contributed by atoms with van der Waals surface area (Å²) in [5.41, 5.74) is 1.27. The molecule has 1 aromatic carbocycles. The Bertz CT molecular complexity index is 519. The minimum Gasteiger partial charge on any atom is -0.145 e. The van der Waals surface area contributed by atoms with Crippen molar-refractivity contribution in [2.45, 2.75) is 26.2 Å². The smallest absolute Gasteiger partial charge is 0.0408 e. The standard InChI is InChI=1S/C16H18Cl2S/c1-2-15-6-7-16(19-15)10-13(11-17)8-12-4-3-5-14(18)9-12/h3-7,9,13H,2,8,10-11H2,1H3. The molecule has 1 heterocycles. The predicted molar refractivity (Wildman–Crippen MR) is 86.8 cm³/mol. The Balaban J connectivity index is 2.00. The van der Waals surface area contributed by atoms with Crippen LogP contribution in [0.5, 0.6) is 0 Å². The van der Waals surface area contributed by atoms with Crippen molar-refractivity contribution in [3.8, 4) is 0 Å². The SMILES string of the molecule is CCc1ccc(CC(CCl)Cc2cccc(Cl)c2)s1. The Labute approximate surface area is 129 Å². The first-order chi connectivity index (χ1) is 9.21. The topological polar surface area (TPSA) is 0 Å². The lowest BCUT2D eigenvalue weighted by molar-refractivity contribution is 0.589. The van der Waals surface area contributed by atoms with Gasteiger partial charge in [0, 0.05) is 20.7 Å². The third-order valence-electron chi connectivity index (χ3n) is 3.19. The van der Waals surface area contributed by atoms with Crippen LogP contribution in [0.2, 0.25) is 5.02 Å². The van der Waals surface area contributed by atoms with Crippen molar-refractivity contribution in [2.24, 2.45) is 5.92 Å². The molecule has 0 bridgehead atoms. The highest BCUT2D eigenvalue weighted by Gasteiger charge is 2.11. The van der Waals surface area contributed by atoms with Gasteiger partial charge in [-0.05, 0) is 55.0 Å². The molecule has 1 atom stereocenters. The normalized spacial score (nSPS) is 12.6. The van der Waals surface area contributed by atoms with Gasteiger partial charge in [-0.1, -0.05) is 30.7 Å². The minimum atomic E-state index is 0.475. The van der Waals surface area contributed by atoms with Gasteiger partial charge in [0.15, 0.2) is 0 Å². The second kappa shape index (κ2) is 7.33. The highest BCUT2D eigenvalue weighted by Crippen LogP contribution is 2.23. The van der Waals surface area contributed by atoms with Crippen molar-refractivity contribution in [1.29, 1.82) is 0 Å². The van der Waals surface area contributed by atoms with Gasteiger partial charge in [0.1, 0.15) is 0 Å². The van der Waals surface area contributed by atoms with E-state index in [0.29, 0.717) is 11.8 Å². The molecule has 0 N–H and O–H groups in total. The van der Waals surface area contributed by atoms with Crippen LogP contribution in [0.25, 0.3) is 0 Å². The molecule has 0 radical (unpaired) electrons. The van der Waals surface area contributed by atoms with E-state index < -0.39 is 0 Å². The molecule has 102 valence electrons. The van der Waals surface area contributed by atoms with E-state index in [1.807, 2.05) is 29.5 Å². The first kappa shape index (κ1) is 14.9. The van der Waals surface area contributed by atoms with Crippen LogP contribution in [0.15, 0.2) is 36.4 Å². The molecule has 2 aromatic rings. The van der Waals surface area contributed by atoms with Crippen LogP contribution in [0.3, 0.4) is 0 Å². The van der Waals surface area contributed by atoms with Gasteiger partial charge in [0.2, 0.25) is 0 Å². The summed E-state index contributed by atoms with van der Waals surface area (Å²) in [5.74, 6) is 1.16. The van der Waals surface area contributed by atoms with Crippen LogP contribution < -0.4 is 0 Å². The maximum atomic E-state index is 6.12. The molecule has 2 rings (SSSR count). The molecule has 0 aliphatic rings. The van der Waals surface area contributed by atoms with Gasteiger partial charge in [0.25, 0.3) is 0 Å². The molecule has 19 heavy (non-hydrogen) atoms. The fourth-order valence-corrected chi connectivity index (χ4v) is 3.69. The molecule has 0 nitrogen and oxygen atoms in total. The summed E-state index contributed by atoms with van der Waals surface area (Å²) >= 11 is 14.0. The lowest BCUT2D eigenvalue weighted by atomic mass is 9.97. The fourth-order valence-electron chi connectivity index (χ4n) is 2.19. The predicted octanol–water partition coefficient (Wildman–Crippen LogP) is 5.60. The van der Waals surface area contributed by atoms with Crippen molar-refractivity contribution in [3.05, 3.63) is 56.7 Å². The Hall–Kier alpha value is -0.500. The van der Waals surface area contributed by atoms with E-state index in [9.17, 15) is 0 Å².